The van der Waals surface area contributed by atoms with Crippen LogP contribution in [-0.2, 0) is 19.4 Å². The Hall–Kier alpha value is -0.870. The molecular weight excluding hydrogens is 280 g/mol. The number of rotatable bonds is 2. The van der Waals surface area contributed by atoms with Crippen LogP contribution in [0.5, 0.6) is 0 Å². The Labute approximate surface area is 132 Å². The predicted molar refractivity (Wildman–Crippen MR) is 89.9 cm³/mol. The molecule has 0 atom stereocenters. The fourth-order valence-electron chi connectivity index (χ4n) is 2.93. The van der Waals surface area contributed by atoms with Gasteiger partial charge in [0.1, 0.15) is 0 Å². The van der Waals surface area contributed by atoms with E-state index in [1.165, 1.54) is 15.3 Å². The second kappa shape index (κ2) is 5.40. The average molecular weight is 308 g/mol. The summed E-state index contributed by atoms with van der Waals surface area (Å²) in [7, 11) is 0. The summed E-state index contributed by atoms with van der Waals surface area (Å²) >= 11 is 1.79. The third kappa shape index (κ3) is 3.67. The average Bonchev–Trinajstić information content (AvgIpc) is 2.61. The van der Waals surface area contributed by atoms with Gasteiger partial charge in [0.15, 0.2) is 0 Å². The fraction of sp³-hybridized carbons (Fsp3) is 0.706. The van der Waals surface area contributed by atoms with E-state index >= 15 is 0 Å². The second-order valence-corrected chi connectivity index (χ2v) is 9.44. The maximum absolute atomic E-state index is 11.9. The maximum Gasteiger partial charge on any atom is 0.250 e. The van der Waals surface area contributed by atoms with Crippen molar-refractivity contribution in [3.63, 3.8) is 0 Å². The zero-order valence-electron chi connectivity index (χ0n) is 14.2. The van der Waals surface area contributed by atoms with Crippen LogP contribution in [0.15, 0.2) is 0 Å². The van der Waals surface area contributed by atoms with Gasteiger partial charge in [-0.2, -0.15) is 0 Å². The van der Waals surface area contributed by atoms with Crippen LogP contribution in [0.25, 0.3) is 0 Å². The second-order valence-electron chi connectivity index (χ2n) is 8.25. The van der Waals surface area contributed by atoms with E-state index in [4.69, 9.17) is 5.73 Å². The van der Waals surface area contributed by atoms with Crippen molar-refractivity contribution >= 4 is 17.2 Å². The standard InChI is InChI=1S/C17H28N2OS/c1-16(2,3)9-12-14(15(18)20)11-7-8-19(17(4,5)6)10-13(11)21-12/h7-10H2,1-6H3,(H2,18,20). The van der Waals surface area contributed by atoms with Crippen molar-refractivity contribution in [3.8, 4) is 0 Å². The molecule has 1 aromatic rings. The summed E-state index contributed by atoms with van der Waals surface area (Å²) < 4.78 is 0. The highest BCUT2D eigenvalue weighted by Crippen LogP contribution is 2.37. The number of nitrogens with two attached hydrogens (primary N) is 1. The maximum atomic E-state index is 11.9. The lowest BCUT2D eigenvalue weighted by Gasteiger charge is -2.38. The first-order valence-corrected chi connectivity index (χ1v) is 8.49. The lowest BCUT2D eigenvalue weighted by Crippen LogP contribution is -2.44. The number of primary amides is 1. The summed E-state index contributed by atoms with van der Waals surface area (Å²) in [6.07, 6.45) is 1.85. The van der Waals surface area contributed by atoms with Gasteiger partial charge in [-0.05, 0) is 44.6 Å². The number of nitrogens with zero attached hydrogens (tertiary/aromatic N) is 1. The summed E-state index contributed by atoms with van der Waals surface area (Å²) in [6.45, 7) is 15.3. The van der Waals surface area contributed by atoms with Crippen molar-refractivity contribution < 1.29 is 4.79 Å². The van der Waals surface area contributed by atoms with Crippen molar-refractivity contribution in [1.29, 1.82) is 0 Å². The van der Waals surface area contributed by atoms with E-state index in [1.807, 2.05) is 0 Å². The first-order valence-electron chi connectivity index (χ1n) is 7.67. The van der Waals surface area contributed by atoms with Crippen molar-refractivity contribution in [2.24, 2.45) is 11.1 Å². The Morgan fingerprint density at radius 2 is 1.86 bits per heavy atom. The molecule has 0 saturated heterocycles. The monoisotopic (exact) mass is 308 g/mol. The van der Waals surface area contributed by atoms with Crippen LogP contribution in [0, 0.1) is 5.41 Å². The molecule has 118 valence electrons. The molecule has 21 heavy (non-hydrogen) atoms. The van der Waals surface area contributed by atoms with Crippen LogP contribution >= 0.6 is 11.3 Å². The highest BCUT2D eigenvalue weighted by molar-refractivity contribution is 7.12. The predicted octanol–water partition coefficient (Wildman–Crippen LogP) is 3.59. The molecule has 0 bridgehead atoms. The van der Waals surface area contributed by atoms with Gasteiger partial charge < -0.3 is 5.73 Å². The van der Waals surface area contributed by atoms with Crippen molar-refractivity contribution in [2.45, 2.75) is 66.5 Å². The Morgan fingerprint density at radius 3 is 2.33 bits per heavy atom. The normalized spacial score (nSPS) is 16.9. The first kappa shape index (κ1) is 16.5. The topological polar surface area (TPSA) is 46.3 Å². The zero-order valence-corrected chi connectivity index (χ0v) is 15.0. The van der Waals surface area contributed by atoms with Gasteiger partial charge in [0.2, 0.25) is 5.91 Å². The summed E-state index contributed by atoms with van der Waals surface area (Å²) in [5, 5.41) is 0. The van der Waals surface area contributed by atoms with E-state index in [1.54, 1.807) is 11.3 Å². The van der Waals surface area contributed by atoms with E-state index in [0.717, 1.165) is 31.5 Å². The van der Waals surface area contributed by atoms with E-state index in [0.29, 0.717) is 0 Å². The summed E-state index contributed by atoms with van der Waals surface area (Å²) in [5.74, 6) is -0.254. The smallest absolute Gasteiger partial charge is 0.250 e. The molecule has 2 heterocycles. The largest absolute Gasteiger partial charge is 0.366 e. The number of amides is 1. The number of carbonyl (C=O) groups excluding carboxylic acids is 1. The van der Waals surface area contributed by atoms with Gasteiger partial charge >= 0.3 is 0 Å². The van der Waals surface area contributed by atoms with E-state index in [-0.39, 0.29) is 16.9 Å². The lowest BCUT2D eigenvalue weighted by atomic mass is 9.88. The van der Waals surface area contributed by atoms with E-state index in [9.17, 15) is 4.79 Å². The number of thiophene rings is 1. The van der Waals surface area contributed by atoms with Gasteiger partial charge in [0.05, 0.1) is 5.56 Å². The van der Waals surface area contributed by atoms with Gasteiger partial charge in [-0.25, -0.2) is 0 Å². The molecule has 0 saturated carbocycles. The summed E-state index contributed by atoms with van der Waals surface area (Å²) in [4.78, 5) is 16.9. The molecule has 1 amide bonds. The summed E-state index contributed by atoms with van der Waals surface area (Å²) in [6, 6.07) is 0. The zero-order chi connectivity index (χ0) is 16.0. The third-order valence-electron chi connectivity index (χ3n) is 4.02. The minimum Gasteiger partial charge on any atom is -0.366 e. The van der Waals surface area contributed by atoms with Crippen LogP contribution in [-0.4, -0.2) is 22.9 Å². The Balaban J connectivity index is 2.39. The van der Waals surface area contributed by atoms with Crippen LogP contribution in [0.4, 0.5) is 0 Å². The van der Waals surface area contributed by atoms with Crippen LogP contribution < -0.4 is 5.73 Å². The highest BCUT2D eigenvalue weighted by Gasteiger charge is 2.31. The molecule has 1 aromatic heterocycles. The van der Waals surface area contributed by atoms with Gasteiger partial charge in [-0.3, -0.25) is 9.69 Å². The molecular formula is C17H28N2OS. The third-order valence-corrected chi connectivity index (χ3v) is 5.23. The first-order chi connectivity index (χ1) is 9.49. The molecule has 0 radical (unpaired) electrons. The van der Waals surface area contributed by atoms with E-state index in [2.05, 4.69) is 46.4 Å². The molecule has 3 nitrogen and oxygen atoms in total. The molecule has 0 aromatic carbocycles. The Kier molecular flexibility index (Phi) is 4.24. The van der Waals surface area contributed by atoms with Gasteiger partial charge in [0, 0.05) is 28.4 Å². The molecule has 0 aliphatic carbocycles. The van der Waals surface area contributed by atoms with Crippen molar-refractivity contribution in [1.82, 2.24) is 4.90 Å². The van der Waals surface area contributed by atoms with Crippen LogP contribution in [0.1, 0.15) is 67.2 Å². The summed E-state index contributed by atoms with van der Waals surface area (Å²) in [5.41, 5.74) is 8.04. The molecule has 1 aliphatic heterocycles. The number of hydrogen-bond donors (Lipinski definition) is 1. The molecule has 2 rings (SSSR count). The Bertz CT molecular complexity index is 546. The fourth-order valence-corrected chi connectivity index (χ4v) is 4.60. The van der Waals surface area contributed by atoms with E-state index < -0.39 is 0 Å². The molecule has 2 N–H and O–H groups in total. The van der Waals surface area contributed by atoms with Gasteiger partial charge in [-0.15, -0.1) is 11.3 Å². The van der Waals surface area contributed by atoms with Gasteiger partial charge in [0.25, 0.3) is 0 Å². The lowest BCUT2D eigenvalue weighted by molar-refractivity contribution is 0.0995. The SMILES string of the molecule is CC(C)(C)Cc1sc2c(c1C(N)=O)CCN(C(C)(C)C)C2. The van der Waals surface area contributed by atoms with Crippen LogP contribution in [0.2, 0.25) is 0 Å². The molecule has 0 spiro atoms. The molecule has 4 heteroatoms. The Morgan fingerprint density at radius 1 is 1.24 bits per heavy atom. The van der Waals surface area contributed by atoms with Crippen LogP contribution in [0.3, 0.4) is 0 Å². The van der Waals surface area contributed by atoms with Gasteiger partial charge in [-0.1, -0.05) is 20.8 Å². The minimum absolute atomic E-state index is 0.165. The van der Waals surface area contributed by atoms with Crippen molar-refractivity contribution in [3.05, 3.63) is 20.9 Å². The molecule has 0 unspecified atom stereocenters. The number of carbonyl (C=O) groups is 1. The molecule has 0 fully saturated rings. The quantitative estimate of drug-likeness (QED) is 0.907. The molecule has 1 aliphatic rings. The minimum atomic E-state index is -0.254. The number of hydrogen-bond acceptors (Lipinski definition) is 3. The highest BCUT2D eigenvalue weighted by atomic mass is 32.1. The van der Waals surface area contributed by atoms with Crippen molar-refractivity contribution in [2.75, 3.05) is 6.54 Å². The number of fused-ring (bicyclic) bond motifs is 1.